The summed E-state index contributed by atoms with van der Waals surface area (Å²) in [4.78, 5) is 10.9. The number of hydrogen-bond acceptors (Lipinski definition) is 1. The van der Waals surface area contributed by atoms with E-state index >= 15 is 0 Å². The van der Waals surface area contributed by atoms with Crippen LogP contribution in [0, 0.1) is 5.41 Å². The largest absolute Gasteiger partial charge is 0.481 e. The molecule has 0 amide bonds. The number of aliphatic carboxylic acids is 1. The molecule has 0 aromatic rings. The van der Waals surface area contributed by atoms with Crippen molar-refractivity contribution < 1.29 is 9.90 Å². The fourth-order valence-corrected chi connectivity index (χ4v) is 1.18. The first-order valence-corrected chi connectivity index (χ1v) is 4.31. The quantitative estimate of drug-likeness (QED) is 0.705. The minimum absolute atomic E-state index is 0.715. The highest BCUT2D eigenvalue weighted by molar-refractivity contribution is 5.77. The van der Waals surface area contributed by atoms with Crippen LogP contribution in [0.25, 0.3) is 0 Å². The van der Waals surface area contributed by atoms with Crippen LogP contribution in [0.15, 0.2) is 36.0 Å². The van der Waals surface area contributed by atoms with Crippen LogP contribution in [0.3, 0.4) is 0 Å². The van der Waals surface area contributed by atoms with E-state index in [0.29, 0.717) is 6.42 Å². The topological polar surface area (TPSA) is 37.3 Å². The zero-order valence-electron chi connectivity index (χ0n) is 7.95. The molecule has 0 atom stereocenters. The molecule has 1 rings (SSSR count). The molecule has 70 valence electrons. The standard InChI is InChI=1S/C11H14O2/c1-11(2,10(12)13)9-7-5-3-4-6-8-9/h3-7H,8H2,1-2H3,(H,12,13). The second-order valence-corrected chi connectivity index (χ2v) is 3.64. The van der Waals surface area contributed by atoms with E-state index in [-0.39, 0.29) is 0 Å². The van der Waals surface area contributed by atoms with Gasteiger partial charge in [0.05, 0.1) is 5.41 Å². The summed E-state index contributed by atoms with van der Waals surface area (Å²) in [7, 11) is 0. The van der Waals surface area contributed by atoms with Gasteiger partial charge < -0.3 is 5.11 Å². The summed E-state index contributed by atoms with van der Waals surface area (Å²) in [6.45, 7) is 3.46. The highest BCUT2D eigenvalue weighted by Gasteiger charge is 2.30. The van der Waals surface area contributed by atoms with Crippen LogP contribution in [0.5, 0.6) is 0 Å². The highest BCUT2D eigenvalue weighted by atomic mass is 16.4. The van der Waals surface area contributed by atoms with Gasteiger partial charge in [-0.05, 0) is 25.8 Å². The summed E-state index contributed by atoms with van der Waals surface area (Å²) in [5.74, 6) is -0.776. The Kier molecular flexibility index (Phi) is 2.71. The maximum atomic E-state index is 10.9. The SMILES string of the molecule is CC(C)(C(=O)O)C1=CC=CC=CC1. The lowest BCUT2D eigenvalue weighted by Gasteiger charge is -2.21. The van der Waals surface area contributed by atoms with Crippen molar-refractivity contribution in [2.75, 3.05) is 0 Å². The average Bonchev–Trinajstić information content (AvgIpc) is 2.31. The Morgan fingerprint density at radius 2 is 2.08 bits per heavy atom. The molecular formula is C11H14O2. The first-order valence-electron chi connectivity index (χ1n) is 4.31. The molecule has 0 aromatic heterocycles. The van der Waals surface area contributed by atoms with Gasteiger partial charge in [-0.1, -0.05) is 30.4 Å². The van der Waals surface area contributed by atoms with E-state index in [9.17, 15) is 4.79 Å². The van der Waals surface area contributed by atoms with E-state index in [2.05, 4.69) is 0 Å². The molecule has 1 aliphatic carbocycles. The van der Waals surface area contributed by atoms with Crippen molar-refractivity contribution in [3.8, 4) is 0 Å². The third-order valence-corrected chi connectivity index (χ3v) is 2.33. The minimum Gasteiger partial charge on any atom is -0.481 e. The van der Waals surface area contributed by atoms with Gasteiger partial charge in [0.15, 0.2) is 0 Å². The molecule has 0 spiro atoms. The summed E-state index contributed by atoms with van der Waals surface area (Å²) in [5.41, 5.74) is 0.170. The highest BCUT2D eigenvalue weighted by Crippen LogP contribution is 2.30. The minimum atomic E-state index is -0.776. The normalized spacial score (nSPS) is 16.6. The van der Waals surface area contributed by atoms with Gasteiger partial charge in [0.2, 0.25) is 0 Å². The molecule has 0 radical (unpaired) electrons. The van der Waals surface area contributed by atoms with Crippen molar-refractivity contribution in [3.63, 3.8) is 0 Å². The smallest absolute Gasteiger partial charge is 0.313 e. The van der Waals surface area contributed by atoms with E-state index < -0.39 is 11.4 Å². The molecule has 0 fully saturated rings. The van der Waals surface area contributed by atoms with E-state index in [4.69, 9.17) is 5.11 Å². The first-order chi connectivity index (χ1) is 6.05. The molecule has 0 saturated heterocycles. The Bertz CT molecular complexity index is 293. The summed E-state index contributed by atoms with van der Waals surface area (Å²) in [5, 5.41) is 9.00. The van der Waals surface area contributed by atoms with E-state index in [1.54, 1.807) is 13.8 Å². The van der Waals surface area contributed by atoms with Gasteiger partial charge in [-0.25, -0.2) is 0 Å². The van der Waals surface area contributed by atoms with Crippen LogP contribution >= 0.6 is 0 Å². The van der Waals surface area contributed by atoms with Gasteiger partial charge in [0.25, 0.3) is 0 Å². The van der Waals surface area contributed by atoms with Crippen molar-refractivity contribution in [3.05, 3.63) is 36.0 Å². The monoisotopic (exact) mass is 178 g/mol. The van der Waals surface area contributed by atoms with Gasteiger partial charge in [-0.3, -0.25) is 4.79 Å². The number of carboxylic acid groups (broad SMARTS) is 1. The van der Waals surface area contributed by atoms with E-state index in [1.165, 1.54) is 0 Å². The predicted octanol–water partition coefficient (Wildman–Crippen LogP) is 2.54. The van der Waals surface area contributed by atoms with Gasteiger partial charge in [0, 0.05) is 0 Å². The molecule has 0 unspecified atom stereocenters. The number of carbonyl (C=O) groups is 1. The molecule has 2 nitrogen and oxygen atoms in total. The van der Waals surface area contributed by atoms with Crippen LogP contribution < -0.4 is 0 Å². The first kappa shape index (κ1) is 9.78. The maximum absolute atomic E-state index is 10.9. The second-order valence-electron chi connectivity index (χ2n) is 3.64. The summed E-state index contributed by atoms with van der Waals surface area (Å²) < 4.78 is 0. The van der Waals surface area contributed by atoms with Crippen LogP contribution in [-0.4, -0.2) is 11.1 Å². The molecule has 0 heterocycles. The van der Waals surface area contributed by atoms with E-state index in [0.717, 1.165) is 5.57 Å². The Hall–Kier alpha value is -1.31. The van der Waals surface area contributed by atoms with Crippen LogP contribution in [-0.2, 0) is 4.79 Å². The molecule has 1 aliphatic rings. The number of rotatable bonds is 2. The fraction of sp³-hybridized carbons (Fsp3) is 0.364. The van der Waals surface area contributed by atoms with Crippen molar-refractivity contribution in [2.45, 2.75) is 20.3 Å². The average molecular weight is 178 g/mol. The Morgan fingerprint density at radius 1 is 1.38 bits per heavy atom. The Labute approximate surface area is 78.3 Å². The lowest BCUT2D eigenvalue weighted by Crippen LogP contribution is -2.25. The Morgan fingerprint density at radius 3 is 2.69 bits per heavy atom. The molecule has 0 saturated carbocycles. The third kappa shape index (κ3) is 2.08. The third-order valence-electron chi connectivity index (χ3n) is 2.33. The Balaban J connectivity index is 2.94. The summed E-state index contributed by atoms with van der Waals surface area (Å²) in [6, 6.07) is 0. The lowest BCUT2D eigenvalue weighted by atomic mass is 9.82. The van der Waals surface area contributed by atoms with Crippen LogP contribution in [0.4, 0.5) is 0 Å². The van der Waals surface area contributed by atoms with Gasteiger partial charge in [-0.2, -0.15) is 0 Å². The maximum Gasteiger partial charge on any atom is 0.313 e. The summed E-state index contributed by atoms with van der Waals surface area (Å²) in [6.07, 6.45) is 10.3. The number of carboxylic acids is 1. The fourth-order valence-electron chi connectivity index (χ4n) is 1.18. The van der Waals surface area contributed by atoms with E-state index in [1.807, 2.05) is 30.4 Å². The van der Waals surface area contributed by atoms with Crippen molar-refractivity contribution in [1.82, 2.24) is 0 Å². The molecule has 0 bridgehead atoms. The molecule has 0 aliphatic heterocycles. The number of hydrogen-bond donors (Lipinski definition) is 1. The lowest BCUT2D eigenvalue weighted by molar-refractivity contribution is -0.144. The van der Waals surface area contributed by atoms with Gasteiger partial charge in [0.1, 0.15) is 0 Å². The molecule has 1 N–H and O–H groups in total. The summed E-state index contributed by atoms with van der Waals surface area (Å²) >= 11 is 0. The number of allylic oxidation sites excluding steroid dienone is 5. The molecular weight excluding hydrogens is 164 g/mol. The van der Waals surface area contributed by atoms with Crippen molar-refractivity contribution >= 4 is 5.97 Å². The predicted molar refractivity (Wildman–Crippen MR) is 52.4 cm³/mol. The van der Waals surface area contributed by atoms with Crippen molar-refractivity contribution in [2.24, 2.45) is 5.41 Å². The molecule has 2 heteroatoms. The molecule has 0 aromatic carbocycles. The molecule has 13 heavy (non-hydrogen) atoms. The van der Waals surface area contributed by atoms with Gasteiger partial charge in [-0.15, -0.1) is 0 Å². The van der Waals surface area contributed by atoms with Crippen molar-refractivity contribution in [1.29, 1.82) is 0 Å². The van der Waals surface area contributed by atoms with Gasteiger partial charge >= 0.3 is 5.97 Å². The zero-order chi connectivity index (χ0) is 9.90. The zero-order valence-corrected chi connectivity index (χ0v) is 7.95. The van der Waals surface area contributed by atoms with Crippen LogP contribution in [0.2, 0.25) is 0 Å². The van der Waals surface area contributed by atoms with Crippen LogP contribution in [0.1, 0.15) is 20.3 Å². The second kappa shape index (κ2) is 3.60.